The molecule has 0 saturated heterocycles. The highest BCUT2D eigenvalue weighted by Gasteiger charge is 2.22. The standard InChI is InChI=1S/C18H21N3O4/c1-12(22)19-11-16-10-17(20-25-16)13-2-4-15(5-3-13)21-8-6-14(7-9-21)18(23)24/h2-6,16H,7-11H2,1H3,(H,19,22)(H,23,24). The van der Waals surface area contributed by atoms with E-state index >= 15 is 0 Å². The van der Waals surface area contributed by atoms with E-state index in [4.69, 9.17) is 9.94 Å². The van der Waals surface area contributed by atoms with Crippen LogP contribution >= 0.6 is 0 Å². The first-order valence-electron chi connectivity index (χ1n) is 8.28. The monoisotopic (exact) mass is 343 g/mol. The van der Waals surface area contributed by atoms with Crippen LogP contribution in [0.25, 0.3) is 0 Å². The van der Waals surface area contributed by atoms with E-state index in [-0.39, 0.29) is 12.0 Å². The molecule has 1 atom stereocenters. The molecule has 3 rings (SSSR count). The fourth-order valence-corrected chi connectivity index (χ4v) is 2.93. The van der Waals surface area contributed by atoms with Crippen LogP contribution in [0.2, 0.25) is 0 Å². The summed E-state index contributed by atoms with van der Waals surface area (Å²) in [6.45, 7) is 3.22. The van der Waals surface area contributed by atoms with Crippen molar-refractivity contribution in [1.29, 1.82) is 0 Å². The fraction of sp³-hybridized carbons (Fsp3) is 0.389. The summed E-state index contributed by atoms with van der Waals surface area (Å²) in [5.41, 5.74) is 3.40. The Morgan fingerprint density at radius 1 is 1.36 bits per heavy atom. The molecule has 0 aromatic heterocycles. The molecule has 0 saturated carbocycles. The summed E-state index contributed by atoms with van der Waals surface area (Å²) < 4.78 is 0. The van der Waals surface area contributed by atoms with Crippen LogP contribution < -0.4 is 10.2 Å². The highest BCUT2D eigenvalue weighted by molar-refractivity contribution is 6.01. The van der Waals surface area contributed by atoms with Gasteiger partial charge in [0.15, 0.2) is 0 Å². The molecule has 0 fully saturated rings. The van der Waals surface area contributed by atoms with Gasteiger partial charge < -0.3 is 20.2 Å². The van der Waals surface area contributed by atoms with Gasteiger partial charge in [0.2, 0.25) is 5.91 Å². The van der Waals surface area contributed by atoms with Gasteiger partial charge in [0.1, 0.15) is 6.10 Å². The SMILES string of the molecule is CC(=O)NCC1CC(c2ccc(N3CC=C(C(=O)O)CC3)cc2)=NO1. The van der Waals surface area contributed by atoms with E-state index in [1.54, 1.807) is 6.08 Å². The lowest BCUT2D eigenvalue weighted by molar-refractivity contribution is -0.132. The molecular formula is C18H21N3O4. The van der Waals surface area contributed by atoms with Crippen LogP contribution in [0.1, 0.15) is 25.3 Å². The largest absolute Gasteiger partial charge is 0.478 e. The number of rotatable bonds is 5. The number of hydrogen-bond donors (Lipinski definition) is 2. The predicted octanol–water partition coefficient (Wildman–Crippen LogP) is 1.54. The molecule has 2 N–H and O–H groups in total. The normalized spacial score (nSPS) is 19.7. The zero-order valence-electron chi connectivity index (χ0n) is 14.1. The number of hydrogen-bond acceptors (Lipinski definition) is 5. The molecule has 1 aromatic rings. The second kappa shape index (κ2) is 7.38. The number of anilines is 1. The average Bonchev–Trinajstić information content (AvgIpc) is 3.09. The van der Waals surface area contributed by atoms with Gasteiger partial charge in [-0.3, -0.25) is 4.79 Å². The maximum atomic E-state index is 11.0. The molecule has 2 aliphatic rings. The van der Waals surface area contributed by atoms with Crippen LogP contribution in [-0.4, -0.2) is 48.4 Å². The van der Waals surface area contributed by atoms with Crippen molar-refractivity contribution in [1.82, 2.24) is 5.32 Å². The average molecular weight is 343 g/mol. The van der Waals surface area contributed by atoms with E-state index in [2.05, 4.69) is 15.4 Å². The molecule has 0 spiro atoms. The van der Waals surface area contributed by atoms with Crippen molar-refractivity contribution in [3.05, 3.63) is 41.5 Å². The van der Waals surface area contributed by atoms with Gasteiger partial charge in [0, 0.05) is 37.7 Å². The van der Waals surface area contributed by atoms with Crippen molar-refractivity contribution in [2.24, 2.45) is 5.16 Å². The first-order valence-corrected chi connectivity index (χ1v) is 8.28. The first kappa shape index (κ1) is 17.0. The lowest BCUT2D eigenvalue weighted by atomic mass is 10.0. The van der Waals surface area contributed by atoms with Gasteiger partial charge in [-0.25, -0.2) is 4.79 Å². The van der Waals surface area contributed by atoms with Gasteiger partial charge in [-0.05, 0) is 24.1 Å². The number of nitrogens with zero attached hydrogens (tertiary/aromatic N) is 2. The molecule has 1 unspecified atom stereocenters. The quantitative estimate of drug-likeness (QED) is 0.846. The van der Waals surface area contributed by atoms with Crippen molar-refractivity contribution in [2.75, 3.05) is 24.5 Å². The van der Waals surface area contributed by atoms with Gasteiger partial charge >= 0.3 is 5.97 Å². The summed E-state index contributed by atoms with van der Waals surface area (Å²) in [5.74, 6) is -0.911. The summed E-state index contributed by atoms with van der Waals surface area (Å²) in [4.78, 5) is 29.4. The molecule has 25 heavy (non-hydrogen) atoms. The third-order valence-corrected chi connectivity index (χ3v) is 4.36. The van der Waals surface area contributed by atoms with Crippen LogP contribution in [-0.2, 0) is 14.4 Å². The van der Waals surface area contributed by atoms with Crippen LogP contribution in [0.15, 0.2) is 41.1 Å². The van der Waals surface area contributed by atoms with Crippen molar-refractivity contribution >= 4 is 23.3 Å². The van der Waals surface area contributed by atoms with E-state index < -0.39 is 5.97 Å². The number of amides is 1. The molecule has 1 amide bonds. The molecule has 132 valence electrons. The second-order valence-electron chi connectivity index (χ2n) is 6.18. The van der Waals surface area contributed by atoms with E-state index in [1.807, 2.05) is 24.3 Å². The number of carbonyl (C=O) groups is 2. The first-order chi connectivity index (χ1) is 12.0. The lowest BCUT2D eigenvalue weighted by Crippen LogP contribution is -2.30. The van der Waals surface area contributed by atoms with Crippen LogP contribution in [0.5, 0.6) is 0 Å². The minimum atomic E-state index is -0.831. The van der Waals surface area contributed by atoms with E-state index in [0.29, 0.717) is 38.0 Å². The summed E-state index contributed by atoms with van der Waals surface area (Å²) >= 11 is 0. The predicted molar refractivity (Wildman–Crippen MR) is 93.7 cm³/mol. The van der Waals surface area contributed by atoms with Gasteiger partial charge in [-0.2, -0.15) is 0 Å². The summed E-state index contributed by atoms with van der Waals surface area (Å²) in [6, 6.07) is 8.01. The van der Waals surface area contributed by atoms with Gasteiger partial charge in [-0.15, -0.1) is 0 Å². The maximum Gasteiger partial charge on any atom is 0.331 e. The molecule has 7 nitrogen and oxygen atoms in total. The zero-order valence-corrected chi connectivity index (χ0v) is 14.1. The Hall–Kier alpha value is -2.83. The molecule has 1 aromatic carbocycles. The second-order valence-corrected chi connectivity index (χ2v) is 6.18. The topological polar surface area (TPSA) is 91.2 Å². The third-order valence-electron chi connectivity index (χ3n) is 4.36. The van der Waals surface area contributed by atoms with Crippen molar-refractivity contribution < 1.29 is 19.5 Å². The van der Waals surface area contributed by atoms with Gasteiger partial charge in [0.25, 0.3) is 0 Å². The fourth-order valence-electron chi connectivity index (χ4n) is 2.93. The minimum Gasteiger partial charge on any atom is -0.478 e. The number of aliphatic carboxylic acids is 1. The van der Waals surface area contributed by atoms with Crippen LogP contribution in [0.4, 0.5) is 5.69 Å². The van der Waals surface area contributed by atoms with Gasteiger partial charge in [0.05, 0.1) is 12.3 Å². The highest BCUT2D eigenvalue weighted by atomic mass is 16.6. The Balaban J connectivity index is 1.58. The lowest BCUT2D eigenvalue weighted by Gasteiger charge is -2.27. The Kier molecular flexibility index (Phi) is 5.02. The Bertz CT molecular complexity index is 724. The molecule has 2 aliphatic heterocycles. The number of carbonyl (C=O) groups excluding carboxylic acids is 1. The summed E-state index contributed by atoms with van der Waals surface area (Å²) in [6.07, 6.45) is 2.85. The molecule has 0 aliphatic carbocycles. The van der Waals surface area contributed by atoms with Crippen molar-refractivity contribution in [2.45, 2.75) is 25.9 Å². The molecule has 2 heterocycles. The Morgan fingerprint density at radius 3 is 2.72 bits per heavy atom. The number of carboxylic acid groups (broad SMARTS) is 1. The van der Waals surface area contributed by atoms with Crippen molar-refractivity contribution in [3.63, 3.8) is 0 Å². The zero-order chi connectivity index (χ0) is 17.8. The Labute approximate surface area is 145 Å². The molecule has 7 heteroatoms. The van der Waals surface area contributed by atoms with Crippen LogP contribution in [0.3, 0.4) is 0 Å². The highest BCUT2D eigenvalue weighted by Crippen LogP contribution is 2.23. The summed E-state index contributed by atoms with van der Waals surface area (Å²) in [7, 11) is 0. The molecular weight excluding hydrogens is 322 g/mol. The number of oxime groups is 1. The van der Waals surface area contributed by atoms with Gasteiger partial charge in [-0.1, -0.05) is 23.4 Å². The van der Waals surface area contributed by atoms with E-state index in [0.717, 1.165) is 17.0 Å². The van der Waals surface area contributed by atoms with E-state index in [1.165, 1.54) is 6.92 Å². The molecule has 0 radical (unpaired) electrons. The van der Waals surface area contributed by atoms with Crippen LogP contribution in [0, 0.1) is 0 Å². The smallest absolute Gasteiger partial charge is 0.331 e. The third kappa shape index (κ3) is 4.17. The minimum absolute atomic E-state index is 0.0805. The Morgan fingerprint density at radius 2 is 2.12 bits per heavy atom. The summed E-state index contributed by atoms with van der Waals surface area (Å²) in [5, 5.41) is 15.9. The molecule has 0 bridgehead atoms. The number of nitrogens with one attached hydrogen (secondary N) is 1. The number of carboxylic acids is 1. The number of benzene rings is 1. The van der Waals surface area contributed by atoms with Crippen molar-refractivity contribution in [3.8, 4) is 0 Å². The van der Waals surface area contributed by atoms with E-state index in [9.17, 15) is 9.59 Å². The maximum absolute atomic E-state index is 11.0.